The van der Waals surface area contributed by atoms with Crippen LogP contribution in [0, 0.1) is 6.92 Å². The number of aryl methyl sites for hydroxylation is 1. The summed E-state index contributed by atoms with van der Waals surface area (Å²) in [4.78, 5) is 1.74. The van der Waals surface area contributed by atoms with Crippen LogP contribution in [0.1, 0.15) is 47.1 Å². The zero-order valence-corrected chi connectivity index (χ0v) is 14.0. The van der Waals surface area contributed by atoms with E-state index in [-0.39, 0.29) is 15.2 Å². The van der Waals surface area contributed by atoms with E-state index >= 15 is 0 Å². The SMILES string of the molecule is Cc1cc(SC(C)(C)C)c([O])c(SC(C)(C)C)c1. The van der Waals surface area contributed by atoms with Crippen LogP contribution in [0.15, 0.2) is 21.9 Å². The summed E-state index contributed by atoms with van der Waals surface area (Å²) >= 11 is 3.31. The Bertz CT molecular complexity index is 388. The van der Waals surface area contributed by atoms with Gasteiger partial charge in [0.15, 0.2) is 0 Å². The van der Waals surface area contributed by atoms with Gasteiger partial charge in [-0.1, -0.05) is 41.5 Å². The van der Waals surface area contributed by atoms with Crippen LogP contribution in [0.25, 0.3) is 0 Å². The molecule has 0 aromatic heterocycles. The molecule has 0 heterocycles. The minimum absolute atomic E-state index is 0.0661. The van der Waals surface area contributed by atoms with Gasteiger partial charge in [-0.05, 0) is 24.6 Å². The van der Waals surface area contributed by atoms with Gasteiger partial charge in [0.25, 0.3) is 0 Å². The van der Waals surface area contributed by atoms with E-state index in [1.54, 1.807) is 23.5 Å². The molecule has 1 aromatic carbocycles. The van der Waals surface area contributed by atoms with Gasteiger partial charge in [0.05, 0.1) is 9.79 Å². The van der Waals surface area contributed by atoms with Gasteiger partial charge in [-0.15, -0.1) is 23.5 Å². The average molecular weight is 283 g/mol. The summed E-state index contributed by atoms with van der Waals surface area (Å²) in [6.07, 6.45) is 0. The molecule has 0 fully saturated rings. The van der Waals surface area contributed by atoms with Crippen molar-refractivity contribution < 1.29 is 5.11 Å². The van der Waals surface area contributed by atoms with Crippen LogP contribution in [0.2, 0.25) is 0 Å². The molecule has 0 amide bonds. The molecule has 0 bridgehead atoms. The fraction of sp³-hybridized carbons (Fsp3) is 0.600. The molecule has 0 unspecified atom stereocenters. The average Bonchev–Trinajstić information content (AvgIpc) is 2.07. The molecule has 0 spiro atoms. The van der Waals surface area contributed by atoms with E-state index < -0.39 is 0 Å². The highest BCUT2D eigenvalue weighted by Gasteiger charge is 2.21. The van der Waals surface area contributed by atoms with Crippen molar-refractivity contribution in [3.05, 3.63) is 17.7 Å². The van der Waals surface area contributed by atoms with E-state index in [1.807, 2.05) is 12.1 Å². The van der Waals surface area contributed by atoms with Crippen LogP contribution in [0.3, 0.4) is 0 Å². The van der Waals surface area contributed by atoms with Gasteiger partial charge >= 0.3 is 0 Å². The molecule has 1 rings (SSSR count). The normalized spacial score (nSPS) is 12.8. The second-order valence-corrected chi connectivity index (χ2v) is 10.3. The van der Waals surface area contributed by atoms with Gasteiger partial charge < -0.3 is 0 Å². The maximum absolute atomic E-state index is 12.4. The van der Waals surface area contributed by atoms with Crippen LogP contribution in [0.4, 0.5) is 0 Å². The van der Waals surface area contributed by atoms with Crippen LogP contribution >= 0.6 is 23.5 Å². The van der Waals surface area contributed by atoms with E-state index in [4.69, 9.17) is 0 Å². The highest BCUT2D eigenvalue weighted by Crippen LogP contribution is 2.46. The van der Waals surface area contributed by atoms with Crippen molar-refractivity contribution in [1.82, 2.24) is 0 Å². The highest BCUT2D eigenvalue weighted by atomic mass is 32.2. The van der Waals surface area contributed by atoms with E-state index in [0.29, 0.717) is 0 Å². The van der Waals surface area contributed by atoms with Crippen LogP contribution in [0.5, 0.6) is 5.75 Å². The fourth-order valence-corrected chi connectivity index (χ4v) is 3.80. The first-order valence-electron chi connectivity index (χ1n) is 6.18. The molecule has 0 aliphatic carbocycles. The lowest BCUT2D eigenvalue weighted by molar-refractivity contribution is 0.333. The lowest BCUT2D eigenvalue weighted by atomic mass is 10.2. The van der Waals surface area contributed by atoms with Crippen molar-refractivity contribution in [3.63, 3.8) is 0 Å². The molecule has 18 heavy (non-hydrogen) atoms. The lowest BCUT2D eigenvalue weighted by Crippen LogP contribution is -2.08. The predicted octanol–water partition coefficient (Wildman–Crippen LogP) is 5.92. The Morgan fingerprint density at radius 3 is 1.44 bits per heavy atom. The summed E-state index contributed by atoms with van der Waals surface area (Å²) in [7, 11) is 0. The van der Waals surface area contributed by atoms with E-state index in [2.05, 4.69) is 48.5 Å². The van der Waals surface area contributed by atoms with E-state index in [9.17, 15) is 5.11 Å². The number of hydrogen-bond donors (Lipinski definition) is 0. The maximum atomic E-state index is 12.4. The van der Waals surface area contributed by atoms with Crippen molar-refractivity contribution >= 4 is 23.5 Å². The largest absolute Gasteiger partial charge is 0.287 e. The molecular formula is C15H23OS2. The zero-order chi connectivity index (χ0) is 14.1. The first-order valence-corrected chi connectivity index (χ1v) is 7.81. The molecule has 1 radical (unpaired) electrons. The minimum atomic E-state index is 0.0661. The third kappa shape index (κ3) is 5.15. The molecule has 0 aliphatic rings. The first kappa shape index (κ1) is 15.8. The zero-order valence-electron chi connectivity index (χ0n) is 12.4. The number of rotatable bonds is 2. The summed E-state index contributed by atoms with van der Waals surface area (Å²) in [6.45, 7) is 14.9. The molecule has 1 aromatic rings. The first-order chi connectivity index (χ1) is 7.98. The molecule has 1 nitrogen and oxygen atoms in total. The fourth-order valence-electron chi connectivity index (χ4n) is 1.52. The van der Waals surface area contributed by atoms with Gasteiger partial charge in [0.2, 0.25) is 5.75 Å². The Morgan fingerprint density at radius 1 is 0.833 bits per heavy atom. The highest BCUT2D eigenvalue weighted by molar-refractivity contribution is 8.01. The summed E-state index contributed by atoms with van der Waals surface area (Å²) in [5.41, 5.74) is 1.16. The van der Waals surface area contributed by atoms with Crippen molar-refractivity contribution in [2.24, 2.45) is 0 Å². The van der Waals surface area contributed by atoms with Crippen LogP contribution in [-0.4, -0.2) is 9.49 Å². The number of benzene rings is 1. The van der Waals surface area contributed by atoms with Crippen LogP contribution in [-0.2, 0) is 5.11 Å². The Kier molecular flexibility index (Phi) is 4.71. The Hall–Kier alpha value is -0.280. The van der Waals surface area contributed by atoms with Crippen LogP contribution < -0.4 is 0 Å². The number of thioether (sulfide) groups is 2. The van der Waals surface area contributed by atoms with Gasteiger partial charge in [0, 0.05) is 9.49 Å². The number of hydrogen-bond acceptors (Lipinski definition) is 2. The standard InChI is InChI=1S/C15H23OS2/c1-10-8-11(17-14(2,3)4)13(16)12(9-10)18-15(5,6)7/h8-9H,1-7H3. The predicted molar refractivity (Wildman–Crippen MR) is 82.5 cm³/mol. The van der Waals surface area contributed by atoms with Crippen molar-refractivity contribution in [2.75, 3.05) is 0 Å². The summed E-state index contributed by atoms with van der Waals surface area (Å²) in [5, 5.41) is 12.4. The summed E-state index contributed by atoms with van der Waals surface area (Å²) in [5.74, 6) is 0.181. The molecule has 3 heteroatoms. The molecular weight excluding hydrogens is 260 g/mol. The topological polar surface area (TPSA) is 19.9 Å². The summed E-state index contributed by atoms with van der Waals surface area (Å²) in [6, 6.07) is 4.01. The van der Waals surface area contributed by atoms with Crippen molar-refractivity contribution in [3.8, 4) is 5.75 Å². The molecule has 0 saturated heterocycles. The quantitative estimate of drug-likeness (QED) is 0.628. The molecule has 0 N–H and O–H groups in total. The smallest absolute Gasteiger partial charge is 0.205 e. The molecule has 0 aliphatic heterocycles. The third-order valence-electron chi connectivity index (χ3n) is 2.00. The second kappa shape index (κ2) is 5.38. The Labute approximate surface area is 120 Å². The van der Waals surface area contributed by atoms with Gasteiger partial charge in [-0.25, -0.2) is 0 Å². The van der Waals surface area contributed by atoms with Crippen molar-refractivity contribution in [2.45, 2.75) is 67.8 Å². The van der Waals surface area contributed by atoms with E-state index in [1.165, 1.54) is 0 Å². The molecule has 101 valence electrons. The summed E-state index contributed by atoms with van der Waals surface area (Å²) < 4.78 is 0.132. The van der Waals surface area contributed by atoms with Gasteiger partial charge in [-0.3, -0.25) is 5.11 Å². The van der Waals surface area contributed by atoms with Gasteiger partial charge in [-0.2, -0.15) is 0 Å². The van der Waals surface area contributed by atoms with E-state index in [0.717, 1.165) is 15.4 Å². The Morgan fingerprint density at radius 2 is 1.17 bits per heavy atom. The van der Waals surface area contributed by atoms with Gasteiger partial charge in [0.1, 0.15) is 0 Å². The minimum Gasteiger partial charge on any atom is -0.287 e. The molecule has 0 atom stereocenters. The second-order valence-electron chi connectivity index (χ2n) is 6.52. The monoisotopic (exact) mass is 283 g/mol. The third-order valence-corrected chi connectivity index (χ3v) is 4.27. The van der Waals surface area contributed by atoms with Crippen molar-refractivity contribution in [1.29, 1.82) is 0 Å². The Balaban J connectivity index is 3.14. The maximum Gasteiger partial charge on any atom is 0.205 e. The lowest BCUT2D eigenvalue weighted by Gasteiger charge is -2.21. The molecule has 0 saturated carbocycles.